The van der Waals surface area contributed by atoms with Crippen LogP contribution in [0.15, 0.2) is 36.4 Å². The molecule has 0 amide bonds. The molecule has 0 spiro atoms. The van der Waals surface area contributed by atoms with E-state index in [1.54, 1.807) is 6.07 Å². The van der Waals surface area contributed by atoms with Gasteiger partial charge in [0, 0.05) is 18.8 Å². The number of aryl methyl sites for hydroxylation is 2. The van der Waals surface area contributed by atoms with Gasteiger partial charge in [0.05, 0.1) is 0 Å². The number of fused-ring (bicyclic) bond motifs is 1. The van der Waals surface area contributed by atoms with Gasteiger partial charge in [-0.3, -0.25) is 0 Å². The number of phenols is 1. The zero-order valence-corrected chi connectivity index (χ0v) is 11.6. The second-order valence-corrected chi connectivity index (χ2v) is 5.44. The molecule has 0 saturated heterocycles. The Balaban J connectivity index is 1.87. The minimum atomic E-state index is -0.552. The highest BCUT2D eigenvalue weighted by Gasteiger charge is 2.17. The molecule has 2 nitrogen and oxygen atoms in total. The number of hydrogen-bond acceptors (Lipinski definition) is 2. The maximum Gasteiger partial charge on any atom is 0.165 e. The first-order valence-electron chi connectivity index (χ1n) is 6.95. The van der Waals surface area contributed by atoms with Gasteiger partial charge >= 0.3 is 0 Å². The summed E-state index contributed by atoms with van der Waals surface area (Å²) in [4.78, 5) is 2.28. The van der Waals surface area contributed by atoms with Crippen LogP contribution < -0.4 is 4.90 Å². The number of halogens is 1. The molecule has 3 heteroatoms. The summed E-state index contributed by atoms with van der Waals surface area (Å²) >= 11 is 0. The number of benzene rings is 2. The van der Waals surface area contributed by atoms with Crippen LogP contribution in [0.5, 0.6) is 5.75 Å². The van der Waals surface area contributed by atoms with Crippen molar-refractivity contribution in [1.29, 1.82) is 0 Å². The minimum Gasteiger partial charge on any atom is -0.505 e. The van der Waals surface area contributed by atoms with Crippen LogP contribution in [0.3, 0.4) is 0 Å². The third-order valence-electron chi connectivity index (χ3n) is 3.84. The summed E-state index contributed by atoms with van der Waals surface area (Å²) in [7, 11) is 0. The van der Waals surface area contributed by atoms with Crippen LogP contribution in [0.2, 0.25) is 0 Å². The molecule has 0 radical (unpaired) electrons. The van der Waals surface area contributed by atoms with Crippen molar-refractivity contribution in [2.24, 2.45) is 0 Å². The number of phenolic OH excluding ortho intramolecular Hbond substituents is 1. The van der Waals surface area contributed by atoms with Gasteiger partial charge in [-0.05, 0) is 49.1 Å². The van der Waals surface area contributed by atoms with E-state index in [1.165, 1.54) is 28.9 Å². The lowest BCUT2D eigenvalue weighted by molar-refractivity contribution is 0.431. The topological polar surface area (TPSA) is 23.5 Å². The zero-order chi connectivity index (χ0) is 14.1. The summed E-state index contributed by atoms with van der Waals surface area (Å²) in [6.07, 6.45) is 2.23. The van der Waals surface area contributed by atoms with Crippen LogP contribution in [-0.2, 0) is 13.0 Å². The molecule has 2 aromatic rings. The quantitative estimate of drug-likeness (QED) is 0.898. The van der Waals surface area contributed by atoms with Gasteiger partial charge in [-0.25, -0.2) is 4.39 Å². The monoisotopic (exact) mass is 271 g/mol. The van der Waals surface area contributed by atoms with Crippen molar-refractivity contribution in [2.75, 3.05) is 11.4 Å². The van der Waals surface area contributed by atoms with E-state index >= 15 is 0 Å². The first-order valence-corrected chi connectivity index (χ1v) is 6.95. The molecule has 1 aliphatic rings. The minimum absolute atomic E-state index is 0.289. The highest BCUT2D eigenvalue weighted by molar-refractivity contribution is 5.57. The SMILES string of the molecule is Cc1ccc2c(c1)CCCN2Cc1ccc(O)c(F)c1. The molecule has 0 bridgehead atoms. The number of nitrogens with zero attached hydrogens (tertiary/aromatic N) is 1. The first-order chi connectivity index (χ1) is 9.63. The third kappa shape index (κ3) is 2.48. The van der Waals surface area contributed by atoms with E-state index in [0.29, 0.717) is 6.54 Å². The highest BCUT2D eigenvalue weighted by Crippen LogP contribution is 2.29. The lowest BCUT2D eigenvalue weighted by Crippen LogP contribution is -2.28. The van der Waals surface area contributed by atoms with E-state index in [4.69, 9.17) is 0 Å². The molecule has 0 fully saturated rings. The molecule has 1 heterocycles. The predicted molar refractivity (Wildman–Crippen MR) is 78.6 cm³/mol. The van der Waals surface area contributed by atoms with E-state index in [-0.39, 0.29) is 5.75 Å². The van der Waals surface area contributed by atoms with Crippen molar-refractivity contribution >= 4 is 5.69 Å². The Kier molecular flexibility index (Phi) is 3.35. The predicted octanol–water partition coefficient (Wildman–Crippen LogP) is 3.79. The van der Waals surface area contributed by atoms with Crippen LogP contribution >= 0.6 is 0 Å². The van der Waals surface area contributed by atoms with Crippen LogP contribution in [0.1, 0.15) is 23.1 Å². The highest BCUT2D eigenvalue weighted by atomic mass is 19.1. The van der Waals surface area contributed by atoms with Crippen molar-refractivity contribution < 1.29 is 9.50 Å². The van der Waals surface area contributed by atoms with Gasteiger partial charge in [-0.2, -0.15) is 0 Å². The van der Waals surface area contributed by atoms with Crippen LogP contribution in [-0.4, -0.2) is 11.7 Å². The van der Waals surface area contributed by atoms with Crippen LogP contribution in [0.25, 0.3) is 0 Å². The van der Waals surface area contributed by atoms with E-state index in [9.17, 15) is 9.50 Å². The Morgan fingerprint density at radius 3 is 2.85 bits per heavy atom. The molecule has 0 saturated carbocycles. The van der Waals surface area contributed by atoms with E-state index in [1.807, 2.05) is 0 Å². The number of aromatic hydroxyl groups is 1. The van der Waals surface area contributed by atoms with Crippen molar-refractivity contribution in [1.82, 2.24) is 0 Å². The molecule has 1 aliphatic heterocycles. The molecule has 1 N–H and O–H groups in total. The van der Waals surface area contributed by atoms with Gasteiger partial charge < -0.3 is 10.0 Å². The Morgan fingerprint density at radius 1 is 1.20 bits per heavy atom. The molecule has 0 aromatic heterocycles. The van der Waals surface area contributed by atoms with E-state index in [2.05, 4.69) is 30.0 Å². The molecule has 0 atom stereocenters. The normalized spacial score (nSPS) is 14.2. The lowest BCUT2D eigenvalue weighted by Gasteiger charge is -2.31. The molecule has 3 rings (SSSR count). The fraction of sp³-hybridized carbons (Fsp3) is 0.294. The summed E-state index contributed by atoms with van der Waals surface area (Å²) < 4.78 is 13.4. The Bertz CT molecular complexity index is 639. The van der Waals surface area contributed by atoms with Gasteiger partial charge in [0.25, 0.3) is 0 Å². The van der Waals surface area contributed by atoms with Gasteiger partial charge in [0.2, 0.25) is 0 Å². The Labute approximate surface area is 118 Å². The fourth-order valence-corrected chi connectivity index (χ4v) is 2.84. The number of rotatable bonds is 2. The number of hydrogen-bond donors (Lipinski definition) is 1. The average molecular weight is 271 g/mol. The summed E-state index contributed by atoms with van der Waals surface area (Å²) in [6.45, 7) is 3.76. The largest absolute Gasteiger partial charge is 0.505 e. The van der Waals surface area contributed by atoms with Gasteiger partial charge in [0.15, 0.2) is 11.6 Å². The van der Waals surface area contributed by atoms with E-state index < -0.39 is 5.82 Å². The second-order valence-electron chi connectivity index (χ2n) is 5.44. The van der Waals surface area contributed by atoms with Gasteiger partial charge in [0.1, 0.15) is 0 Å². The molecular formula is C17H18FNO. The first kappa shape index (κ1) is 13.0. The summed E-state index contributed by atoms with van der Waals surface area (Å²) in [5, 5.41) is 9.25. The zero-order valence-electron chi connectivity index (χ0n) is 11.6. The lowest BCUT2D eigenvalue weighted by atomic mass is 9.99. The third-order valence-corrected chi connectivity index (χ3v) is 3.84. The van der Waals surface area contributed by atoms with Gasteiger partial charge in [-0.15, -0.1) is 0 Å². The van der Waals surface area contributed by atoms with Gasteiger partial charge in [-0.1, -0.05) is 23.8 Å². The summed E-state index contributed by atoms with van der Waals surface area (Å²) in [6, 6.07) is 11.1. The smallest absolute Gasteiger partial charge is 0.165 e. The maximum absolute atomic E-state index is 13.4. The van der Waals surface area contributed by atoms with Crippen molar-refractivity contribution in [2.45, 2.75) is 26.3 Å². The summed E-state index contributed by atoms with van der Waals surface area (Å²) in [5.74, 6) is -0.841. The number of anilines is 1. The molecular weight excluding hydrogens is 253 g/mol. The van der Waals surface area contributed by atoms with Crippen LogP contribution in [0, 0.1) is 12.7 Å². The van der Waals surface area contributed by atoms with E-state index in [0.717, 1.165) is 24.9 Å². The fourth-order valence-electron chi connectivity index (χ4n) is 2.84. The Morgan fingerprint density at radius 2 is 2.05 bits per heavy atom. The molecule has 0 aliphatic carbocycles. The summed E-state index contributed by atoms with van der Waals surface area (Å²) in [5.41, 5.74) is 4.78. The standard InChI is InChI=1S/C17H18FNO/c1-12-4-6-16-14(9-12)3-2-8-19(16)11-13-5-7-17(20)15(18)10-13/h4-7,9-10,20H,2-3,8,11H2,1H3. The molecule has 104 valence electrons. The van der Waals surface area contributed by atoms with Crippen molar-refractivity contribution in [3.8, 4) is 5.75 Å². The van der Waals surface area contributed by atoms with Crippen molar-refractivity contribution in [3.05, 3.63) is 58.9 Å². The second kappa shape index (κ2) is 5.16. The molecule has 0 unspecified atom stereocenters. The maximum atomic E-state index is 13.4. The van der Waals surface area contributed by atoms with Crippen LogP contribution in [0.4, 0.5) is 10.1 Å². The molecule has 20 heavy (non-hydrogen) atoms. The Hall–Kier alpha value is -2.03. The van der Waals surface area contributed by atoms with Crippen molar-refractivity contribution in [3.63, 3.8) is 0 Å². The molecule has 2 aromatic carbocycles. The average Bonchev–Trinajstić information content (AvgIpc) is 2.43.